The van der Waals surface area contributed by atoms with E-state index in [1.807, 2.05) is 4.90 Å². The van der Waals surface area contributed by atoms with Crippen LogP contribution in [0.2, 0.25) is 0 Å². The fourth-order valence-corrected chi connectivity index (χ4v) is 4.93. The number of nitrogens with zero attached hydrogens (tertiary/aromatic N) is 2. The molecule has 9 heteroatoms. The lowest BCUT2D eigenvalue weighted by molar-refractivity contribution is -0.144. The zero-order chi connectivity index (χ0) is 26.0. The minimum atomic E-state index is -0.454. The van der Waals surface area contributed by atoms with Gasteiger partial charge in [-0.05, 0) is 38.6 Å². The van der Waals surface area contributed by atoms with Gasteiger partial charge in [0, 0.05) is 27.8 Å². The Morgan fingerprint density at radius 1 is 1.12 bits per heavy atom. The molecule has 1 heterocycles. The van der Waals surface area contributed by atoms with Crippen molar-refractivity contribution in [3.63, 3.8) is 0 Å². The third-order valence-corrected chi connectivity index (χ3v) is 7.30. The molecule has 0 aromatic rings. The van der Waals surface area contributed by atoms with E-state index < -0.39 is 6.10 Å². The molecule has 0 spiro atoms. The van der Waals surface area contributed by atoms with E-state index in [1.165, 1.54) is 0 Å². The van der Waals surface area contributed by atoms with E-state index in [4.69, 9.17) is 9.47 Å². The first kappa shape index (κ1) is 30.3. The summed E-state index contributed by atoms with van der Waals surface area (Å²) in [5.41, 5.74) is 0. The Labute approximate surface area is 206 Å². The molecule has 1 aliphatic heterocycles. The van der Waals surface area contributed by atoms with E-state index in [0.29, 0.717) is 12.5 Å². The van der Waals surface area contributed by atoms with Crippen LogP contribution in [-0.4, -0.2) is 99.3 Å². The molecular weight excluding hydrogens is 436 g/mol. The van der Waals surface area contributed by atoms with Crippen molar-refractivity contribution < 1.29 is 23.9 Å². The molecule has 0 aromatic heterocycles. The number of amides is 3. The predicted molar refractivity (Wildman–Crippen MR) is 133 cm³/mol. The van der Waals surface area contributed by atoms with Gasteiger partial charge in [-0.3, -0.25) is 14.4 Å². The number of rotatable bonds is 14. The summed E-state index contributed by atoms with van der Waals surface area (Å²) in [6.07, 6.45) is 2.44. The molecule has 1 fully saturated rings. The Morgan fingerprint density at radius 2 is 1.76 bits per heavy atom. The van der Waals surface area contributed by atoms with Crippen LogP contribution in [0.4, 0.5) is 0 Å². The molecule has 0 aromatic carbocycles. The average Bonchev–Trinajstić information content (AvgIpc) is 3.30. The van der Waals surface area contributed by atoms with Crippen LogP contribution >= 0.6 is 0 Å². The van der Waals surface area contributed by atoms with Crippen molar-refractivity contribution in [3.8, 4) is 0 Å². The summed E-state index contributed by atoms with van der Waals surface area (Å²) in [5, 5.41) is 5.54. The van der Waals surface area contributed by atoms with Crippen molar-refractivity contribution in [2.24, 2.45) is 11.8 Å². The predicted octanol–water partition coefficient (Wildman–Crippen LogP) is 1.65. The lowest BCUT2D eigenvalue weighted by atomic mass is 9.90. The second-order valence-corrected chi connectivity index (χ2v) is 9.83. The Bertz CT molecular complexity index is 659. The second-order valence-electron chi connectivity index (χ2n) is 9.83. The van der Waals surface area contributed by atoms with Crippen LogP contribution in [0.3, 0.4) is 0 Å². The summed E-state index contributed by atoms with van der Waals surface area (Å²) < 4.78 is 11.6. The molecule has 6 unspecified atom stereocenters. The van der Waals surface area contributed by atoms with Crippen molar-refractivity contribution in [2.75, 3.05) is 41.4 Å². The highest BCUT2D eigenvalue weighted by molar-refractivity contribution is 5.87. The zero-order valence-corrected chi connectivity index (χ0v) is 22.7. The van der Waals surface area contributed by atoms with Crippen molar-refractivity contribution in [3.05, 3.63) is 0 Å². The molecule has 1 aliphatic rings. The maximum absolute atomic E-state index is 13.4. The molecule has 3 amide bonds. The molecule has 0 aliphatic carbocycles. The Hall–Kier alpha value is -1.71. The van der Waals surface area contributed by atoms with Gasteiger partial charge in [0.2, 0.25) is 17.7 Å². The fourth-order valence-electron chi connectivity index (χ4n) is 4.93. The number of carbonyl (C=O) groups is 3. The van der Waals surface area contributed by atoms with E-state index in [9.17, 15) is 14.4 Å². The minimum Gasteiger partial charge on any atom is -0.379 e. The molecule has 0 radical (unpaired) electrons. The third kappa shape index (κ3) is 7.92. The van der Waals surface area contributed by atoms with Crippen LogP contribution in [0.25, 0.3) is 0 Å². The first-order valence-corrected chi connectivity index (χ1v) is 12.6. The molecule has 1 saturated heterocycles. The lowest BCUT2D eigenvalue weighted by Gasteiger charge is -2.39. The Morgan fingerprint density at radius 3 is 2.26 bits per heavy atom. The number of likely N-dealkylation sites (tertiary alicyclic amines) is 1. The normalized spacial score (nSPS) is 20.5. The summed E-state index contributed by atoms with van der Waals surface area (Å²) in [7, 11) is 6.72. The van der Waals surface area contributed by atoms with E-state index in [0.717, 1.165) is 19.3 Å². The van der Waals surface area contributed by atoms with Gasteiger partial charge in [0.15, 0.2) is 0 Å². The average molecular weight is 485 g/mol. The topological polar surface area (TPSA) is 100 Å². The number of ether oxygens (including phenoxy) is 2. The minimum absolute atomic E-state index is 0.00864. The summed E-state index contributed by atoms with van der Waals surface area (Å²) in [4.78, 5) is 42.0. The molecule has 34 heavy (non-hydrogen) atoms. The first-order chi connectivity index (χ1) is 16.0. The highest BCUT2D eigenvalue weighted by atomic mass is 16.5. The van der Waals surface area contributed by atoms with Crippen LogP contribution in [0, 0.1) is 11.8 Å². The van der Waals surface area contributed by atoms with Crippen molar-refractivity contribution in [2.45, 2.75) is 90.6 Å². The number of hydrogen-bond acceptors (Lipinski definition) is 6. The molecule has 9 nitrogen and oxygen atoms in total. The number of nitrogens with one attached hydrogen (secondary N) is 2. The number of methoxy groups -OCH3 is 2. The molecule has 1 rings (SSSR count). The van der Waals surface area contributed by atoms with Gasteiger partial charge in [0.1, 0.15) is 0 Å². The van der Waals surface area contributed by atoms with E-state index in [1.54, 1.807) is 40.1 Å². The van der Waals surface area contributed by atoms with E-state index >= 15 is 0 Å². The first-order valence-electron chi connectivity index (χ1n) is 12.6. The summed E-state index contributed by atoms with van der Waals surface area (Å²) in [6, 6.07) is -0.627. The van der Waals surface area contributed by atoms with Gasteiger partial charge in [0.25, 0.3) is 0 Å². The van der Waals surface area contributed by atoms with Crippen molar-refractivity contribution in [1.29, 1.82) is 0 Å². The summed E-state index contributed by atoms with van der Waals surface area (Å²) >= 11 is 0. The smallest absolute Gasteiger partial charge is 0.242 e. The molecule has 6 atom stereocenters. The van der Waals surface area contributed by atoms with Crippen LogP contribution in [-0.2, 0) is 23.9 Å². The zero-order valence-electron chi connectivity index (χ0n) is 22.7. The third-order valence-electron chi connectivity index (χ3n) is 7.30. The quantitative estimate of drug-likeness (QED) is 0.389. The van der Waals surface area contributed by atoms with E-state index in [2.05, 4.69) is 38.3 Å². The van der Waals surface area contributed by atoms with Crippen LogP contribution in [0.15, 0.2) is 0 Å². The molecule has 0 saturated carbocycles. The largest absolute Gasteiger partial charge is 0.379 e. The maximum Gasteiger partial charge on any atom is 0.242 e. The van der Waals surface area contributed by atoms with Crippen molar-refractivity contribution in [1.82, 2.24) is 20.4 Å². The second kappa shape index (κ2) is 14.6. The molecule has 2 N–H and O–H groups in total. The van der Waals surface area contributed by atoms with E-state index in [-0.39, 0.29) is 60.8 Å². The van der Waals surface area contributed by atoms with Crippen LogP contribution in [0.1, 0.15) is 60.3 Å². The monoisotopic (exact) mass is 484 g/mol. The number of hydrogen-bond donors (Lipinski definition) is 2. The van der Waals surface area contributed by atoms with Crippen LogP contribution in [0.5, 0.6) is 0 Å². The van der Waals surface area contributed by atoms with Gasteiger partial charge in [-0.15, -0.1) is 0 Å². The summed E-state index contributed by atoms with van der Waals surface area (Å²) in [6.45, 7) is 10.7. The SMILES string of the molecule is CCC(C)C(C(CC(=O)N1CCCC1C(OC)C(C)C)OC)N(C)C(=O)CNC(=O)C(C)NC. The number of carbonyl (C=O) groups excluding carboxylic acids is 3. The van der Waals surface area contributed by atoms with Crippen molar-refractivity contribution >= 4 is 17.7 Å². The standard InChI is InChI=1S/C25H48N4O5/c1-10-17(4)23(28(7)22(31)15-27-25(32)18(5)26-6)20(33-8)14-21(30)29-13-11-12-19(29)24(34-9)16(2)3/h16-20,23-24,26H,10-15H2,1-9H3,(H,27,32). The van der Waals surface area contributed by atoms with Gasteiger partial charge < -0.3 is 29.9 Å². The fraction of sp³-hybridized carbons (Fsp3) is 0.880. The molecule has 0 bridgehead atoms. The highest BCUT2D eigenvalue weighted by Gasteiger charge is 2.39. The summed E-state index contributed by atoms with van der Waals surface area (Å²) in [5.74, 6) is -0.00712. The maximum atomic E-state index is 13.4. The van der Waals surface area contributed by atoms with Gasteiger partial charge in [0.05, 0.1) is 43.3 Å². The van der Waals surface area contributed by atoms with Crippen LogP contribution < -0.4 is 10.6 Å². The molecular formula is C25H48N4O5. The lowest BCUT2D eigenvalue weighted by Crippen LogP contribution is -2.54. The van der Waals surface area contributed by atoms with Gasteiger partial charge in [-0.1, -0.05) is 34.1 Å². The molecule has 198 valence electrons. The van der Waals surface area contributed by atoms with Gasteiger partial charge >= 0.3 is 0 Å². The number of likely N-dealkylation sites (N-methyl/N-ethyl adjacent to an activating group) is 2. The van der Waals surface area contributed by atoms with Gasteiger partial charge in [-0.2, -0.15) is 0 Å². The van der Waals surface area contributed by atoms with Gasteiger partial charge in [-0.25, -0.2) is 0 Å². The highest BCUT2D eigenvalue weighted by Crippen LogP contribution is 2.28. The Balaban J connectivity index is 2.97. The Kier molecular flexibility index (Phi) is 13.1.